The smallest absolute Gasteiger partial charge is 0.336 e. The number of sulfone groups is 1. The topological polar surface area (TPSA) is 107 Å². The van der Waals surface area contributed by atoms with Gasteiger partial charge in [0.15, 0.2) is 5.76 Å². The molecule has 1 amide bonds. The SMILES string of the molecule is O=C(CS(=O)(=O)c1nnc(-c2ccco2)o1)N1CCc2ccccc21. The maximum absolute atomic E-state index is 12.5. The van der Waals surface area contributed by atoms with E-state index < -0.39 is 26.7 Å². The van der Waals surface area contributed by atoms with Gasteiger partial charge in [0, 0.05) is 12.2 Å². The van der Waals surface area contributed by atoms with Gasteiger partial charge in [-0.2, -0.15) is 0 Å². The summed E-state index contributed by atoms with van der Waals surface area (Å²) in [5, 5.41) is 6.59. The second kappa shape index (κ2) is 5.85. The van der Waals surface area contributed by atoms with E-state index in [2.05, 4.69) is 10.2 Å². The molecule has 25 heavy (non-hydrogen) atoms. The summed E-state index contributed by atoms with van der Waals surface area (Å²) in [5.74, 6) is -1.06. The molecule has 0 spiro atoms. The van der Waals surface area contributed by atoms with Crippen LogP contribution in [-0.2, 0) is 21.1 Å². The Kier molecular flexibility index (Phi) is 3.65. The number of carbonyl (C=O) groups excluding carboxylic acids is 1. The van der Waals surface area contributed by atoms with Gasteiger partial charge in [0.2, 0.25) is 15.7 Å². The van der Waals surface area contributed by atoms with Crippen molar-refractivity contribution in [3.8, 4) is 11.7 Å². The summed E-state index contributed by atoms with van der Waals surface area (Å²) >= 11 is 0. The molecule has 0 saturated heterocycles. The van der Waals surface area contributed by atoms with Crippen LogP contribution in [0.15, 0.2) is 56.7 Å². The highest BCUT2D eigenvalue weighted by Crippen LogP contribution is 2.28. The van der Waals surface area contributed by atoms with Gasteiger partial charge in [-0.1, -0.05) is 23.3 Å². The van der Waals surface area contributed by atoms with E-state index in [9.17, 15) is 13.2 Å². The zero-order chi connectivity index (χ0) is 17.4. The molecule has 8 nitrogen and oxygen atoms in total. The molecule has 0 saturated carbocycles. The lowest BCUT2D eigenvalue weighted by Crippen LogP contribution is -2.34. The number of amides is 1. The number of anilines is 1. The number of fused-ring (bicyclic) bond motifs is 1. The van der Waals surface area contributed by atoms with Crippen LogP contribution in [0, 0.1) is 0 Å². The lowest BCUT2D eigenvalue weighted by Gasteiger charge is -2.16. The first kappa shape index (κ1) is 15.6. The van der Waals surface area contributed by atoms with Crippen LogP contribution in [0.5, 0.6) is 0 Å². The first-order chi connectivity index (χ1) is 12.0. The van der Waals surface area contributed by atoms with Crippen LogP contribution >= 0.6 is 0 Å². The highest BCUT2D eigenvalue weighted by atomic mass is 32.2. The minimum Gasteiger partial charge on any atom is -0.459 e. The molecule has 1 aliphatic rings. The van der Waals surface area contributed by atoms with Crippen molar-refractivity contribution in [1.82, 2.24) is 10.2 Å². The molecule has 128 valence electrons. The van der Waals surface area contributed by atoms with E-state index >= 15 is 0 Å². The summed E-state index contributed by atoms with van der Waals surface area (Å²) < 4.78 is 35.1. The molecule has 4 rings (SSSR count). The quantitative estimate of drug-likeness (QED) is 0.698. The zero-order valence-corrected chi connectivity index (χ0v) is 13.8. The van der Waals surface area contributed by atoms with Crippen molar-refractivity contribution in [3.05, 3.63) is 48.2 Å². The molecule has 3 heterocycles. The van der Waals surface area contributed by atoms with Crippen molar-refractivity contribution >= 4 is 21.4 Å². The molecular formula is C16H13N3O5S. The van der Waals surface area contributed by atoms with Crippen LogP contribution in [0.3, 0.4) is 0 Å². The van der Waals surface area contributed by atoms with Crippen molar-refractivity contribution in [2.24, 2.45) is 0 Å². The Balaban J connectivity index is 1.55. The third kappa shape index (κ3) is 2.82. The molecule has 9 heteroatoms. The number of nitrogens with zero attached hydrogens (tertiary/aromatic N) is 3. The van der Waals surface area contributed by atoms with Crippen LogP contribution in [-0.4, -0.2) is 36.8 Å². The molecule has 0 radical (unpaired) electrons. The maximum atomic E-state index is 12.5. The lowest BCUT2D eigenvalue weighted by molar-refractivity contribution is -0.116. The fraction of sp³-hybridized carbons (Fsp3) is 0.188. The van der Waals surface area contributed by atoms with Gasteiger partial charge in [-0.25, -0.2) is 8.42 Å². The van der Waals surface area contributed by atoms with Gasteiger partial charge in [-0.15, -0.1) is 5.10 Å². The number of furan rings is 1. The number of hydrogen-bond acceptors (Lipinski definition) is 7. The number of benzene rings is 1. The summed E-state index contributed by atoms with van der Waals surface area (Å²) in [6.45, 7) is 0.454. The molecule has 0 atom stereocenters. The Hall–Kier alpha value is -2.94. The van der Waals surface area contributed by atoms with E-state index in [1.54, 1.807) is 18.2 Å². The highest BCUT2D eigenvalue weighted by molar-refractivity contribution is 7.91. The van der Waals surface area contributed by atoms with Crippen LogP contribution in [0.2, 0.25) is 0 Å². The van der Waals surface area contributed by atoms with Crippen LogP contribution in [0.25, 0.3) is 11.7 Å². The third-order valence-corrected chi connectivity index (χ3v) is 5.23. The standard InChI is InChI=1S/C16H13N3O5S/c20-14(19-8-7-11-4-1-2-5-12(11)19)10-25(21,22)16-18-17-15(24-16)13-6-3-9-23-13/h1-6,9H,7-8,10H2. The van der Waals surface area contributed by atoms with Crippen LogP contribution < -0.4 is 4.90 Å². The number of carbonyl (C=O) groups is 1. The van der Waals surface area contributed by atoms with E-state index in [1.807, 2.05) is 18.2 Å². The highest BCUT2D eigenvalue weighted by Gasteiger charge is 2.32. The Morgan fingerprint density at radius 1 is 1.16 bits per heavy atom. The molecule has 0 unspecified atom stereocenters. The van der Waals surface area contributed by atoms with E-state index in [0.717, 1.165) is 11.3 Å². The average Bonchev–Trinajstić information content (AvgIpc) is 3.33. The predicted octanol–water partition coefficient (Wildman–Crippen LogP) is 1.69. The van der Waals surface area contributed by atoms with Gasteiger partial charge in [0.05, 0.1) is 6.26 Å². The van der Waals surface area contributed by atoms with E-state index in [0.29, 0.717) is 13.0 Å². The molecule has 0 aliphatic carbocycles. The van der Waals surface area contributed by atoms with Gasteiger partial charge in [-0.05, 0) is 30.2 Å². The summed E-state index contributed by atoms with van der Waals surface area (Å²) in [6.07, 6.45) is 2.10. The summed E-state index contributed by atoms with van der Waals surface area (Å²) in [7, 11) is -4.04. The minimum absolute atomic E-state index is 0.0532. The van der Waals surface area contributed by atoms with Gasteiger partial charge in [0.1, 0.15) is 5.75 Å². The van der Waals surface area contributed by atoms with Crippen LogP contribution in [0.4, 0.5) is 5.69 Å². The Labute approximate surface area is 143 Å². The first-order valence-electron chi connectivity index (χ1n) is 7.53. The van der Waals surface area contributed by atoms with Crippen molar-refractivity contribution in [1.29, 1.82) is 0 Å². The Morgan fingerprint density at radius 3 is 2.80 bits per heavy atom. The minimum atomic E-state index is -4.04. The van der Waals surface area contributed by atoms with Crippen molar-refractivity contribution in [3.63, 3.8) is 0 Å². The molecule has 3 aromatic rings. The van der Waals surface area contributed by atoms with E-state index in [4.69, 9.17) is 8.83 Å². The summed E-state index contributed by atoms with van der Waals surface area (Å²) in [4.78, 5) is 13.9. The number of rotatable bonds is 4. The number of aromatic nitrogens is 2. The van der Waals surface area contributed by atoms with Crippen LogP contribution in [0.1, 0.15) is 5.56 Å². The fourth-order valence-corrected chi connectivity index (χ4v) is 3.71. The lowest BCUT2D eigenvalue weighted by atomic mass is 10.2. The molecule has 1 aliphatic heterocycles. The second-order valence-corrected chi connectivity index (χ2v) is 7.40. The summed E-state index contributed by atoms with van der Waals surface area (Å²) in [6, 6.07) is 10.6. The molecule has 1 aromatic carbocycles. The normalized spacial score (nSPS) is 13.8. The zero-order valence-electron chi connectivity index (χ0n) is 13.0. The van der Waals surface area contributed by atoms with Gasteiger partial charge in [0.25, 0.3) is 5.89 Å². The molecule has 0 fully saturated rings. The monoisotopic (exact) mass is 359 g/mol. The molecule has 0 bridgehead atoms. The van der Waals surface area contributed by atoms with E-state index in [-0.39, 0.29) is 11.7 Å². The van der Waals surface area contributed by atoms with E-state index in [1.165, 1.54) is 11.2 Å². The largest absolute Gasteiger partial charge is 0.459 e. The number of hydrogen-bond donors (Lipinski definition) is 0. The third-order valence-electron chi connectivity index (χ3n) is 3.91. The second-order valence-electron chi connectivity index (χ2n) is 5.53. The average molecular weight is 359 g/mol. The first-order valence-corrected chi connectivity index (χ1v) is 9.18. The van der Waals surface area contributed by atoms with Crippen molar-refractivity contribution in [2.75, 3.05) is 17.2 Å². The predicted molar refractivity (Wildman–Crippen MR) is 86.6 cm³/mol. The molecular weight excluding hydrogens is 346 g/mol. The summed E-state index contributed by atoms with van der Waals surface area (Å²) in [5.41, 5.74) is 1.76. The van der Waals surface area contributed by atoms with Crippen molar-refractivity contribution < 1.29 is 22.0 Å². The van der Waals surface area contributed by atoms with Gasteiger partial charge >= 0.3 is 5.22 Å². The van der Waals surface area contributed by atoms with Crippen molar-refractivity contribution in [2.45, 2.75) is 11.6 Å². The molecule has 0 N–H and O–H groups in total. The maximum Gasteiger partial charge on any atom is 0.336 e. The Morgan fingerprint density at radius 2 is 2.00 bits per heavy atom. The van der Waals surface area contributed by atoms with Gasteiger partial charge in [-0.3, -0.25) is 4.79 Å². The molecule has 2 aromatic heterocycles. The Bertz CT molecular complexity index is 1020. The fourth-order valence-electron chi connectivity index (χ4n) is 2.73. The van der Waals surface area contributed by atoms with Gasteiger partial charge < -0.3 is 13.7 Å². The number of para-hydroxylation sites is 1.